The van der Waals surface area contributed by atoms with Gasteiger partial charge in [0.05, 0.1) is 65.0 Å². The molecule has 3 saturated heterocycles. The minimum absolute atomic E-state index is 0. The van der Waals surface area contributed by atoms with Crippen LogP contribution in [-0.2, 0) is 9.47 Å². The lowest BCUT2D eigenvalue weighted by Gasteiger charge is -2.43. The van der Waals surface area contributed by atoms with E-state index in [2.05, 4.69) is 33.9 Å². The molecule has 0 aromatic rings. The Morgan fingerprint density at radius 3 is 1.72 bits per heavy atom. The molecule has 0 amide bonds. The van der Waals surface area contributed by atoms with E-state index in [0.717, 1.165) is 71.0 Å². The van der Waals surface area contributed by atoms with Gasteiger partial charge >= 0.3 is 0 Å². The first kappa shape index (κ1) is 21.3. The second kappa shape index (κ2) is 9.82. The number of ether oxygens (including phenoxy) is 2. The number of hydrogen-bond donors (Lipinski definition) is 0. The summed E-state index contributed by atoms with van der Waals surface area (Å²) in [6.07, 6.45) is 2.47. The highest BCUT2D eigenvalue weighted by atomic mass is 127. The van der Waals surface area contributed by atoms with E-state index in [0.29, 0.717) is 0 Å². The number of allylic oxidation sites excluding steroid dienone is 2. The highest BCUT2D eigenvalue weighted by Gasteiger charge is 2.53. The first-order valence-electron chi connectivity index (χ1n) is 9.07. The molecule has 0 spiro atoms. The molecule has 8 heteroatoms. The van der Waals surface area contributed by atoms with Crippen LogP contribution in [0.2, 0.25) is 0 Å². The highest BCUT2D eigenvalue weighted by molar-refractivity contribution is 7.75. The SMILES string of the molecule is C/C(=C(\C#N)[P+](C)(N1CCOCC1)N1CCOCC1)N1CCCC1.[I-]. The van der Waals surface area contributed by atoms with E-state index in [1.165, 1.54) is 18.5 Å². The number of nitriles is 1. The van der Waals surface area contributed by atoms with Crippen molar-refractivity contribution in [1.29, 1.82) is 5.26 Å². The average Bonchev–Trinajstić information content (AvgIpc) is 3.18. The zero-order chi connectivity index (χ0) is 17.0. The maximum atomic E-state index is 10.1. The van der Waals surface area contributed by atoms with Crippen LogP contribution in [0.15, 0.2) is 11.0 Å². The van der Waals surface area contributed by atoms with Crippen LogP contribution in [0.5, 0.6) is 0 Å². The summed E-state index contributed by atoms with van der Waals surface area (Å²) in [5.74, 6) is 0. The van der Waals surface area contributed by atoms with Gasteiger partial charge in [0.25, 0.3) is 0 Å². The zero-order valence-electron chi connectivity index (χ0n) is 15.4. The molecule has 6 nitrogen and oxygen atoms in total. The van der Waals surface area contributed by atoms with Crippen molar-refractivity contribution in [2.24, 2.45) is 0 Å². The van der Waals surface area contributed by atoms with Crippen molar-refractivity contribution in [3.63, 3.8) is 0 Å². The zero-order valence-corrected chi connectivity index (χ0v) is 18.5. The number of likely N-dealkylation sites (tertiary alicyclic amines) is 1. The van der Waals surface area contributed by atoms with Crippen molar-refractivity contribution < 1.29 is 33.5 Å². The van der Waals surface area contributed by atoms with Crippen molar-refractivity contribution in [2.75, 3.05) is 72.4 Å². The quantitative estimate of drug-likeness (QED) is 0.292. The molecule has 0 radical (unpaired) electrons. The topological polar surface area (TPSA) is 52.0 Å². The summed E-state index contributed by atoms with van der Waals surface area (Å²) in [5.41, 5.74) is 1.20. The van der Waals surface area contributed by atoms with E-state index in [1.54, 1.807) is 0 Å². The number of morpholine rings is 2. The van der Waals surface area contributed by atoms with Crippen LogP contribution in [0.4, 0.5) is 0 Å². The molecule has 3 heterocycles. The summed E-state index contributed by atoms with van der Waals surface area (Å²) in [7, 11) is -1.86. The molecule has 0 saturated carbocycles. The minimum Gasteiger partial charge on any atom is -1.00 e. The van der Waals surface area contributed by atoms with E-state index in [-0.39, 0.29) is 24.0 Å². The average molecular weight is 480 g/mol. The van der Waals surface area contributed by atoms with Gasteiger partial charge in [-0.25, -0.2) is 0 Å². The van der Waals surface area contributed by atoms with Crippen LogP contribution in [0.3, 0.4) is 0 Å². The number of halogens is 1. The van der Waals surface area contributed by atoms with E-state index >= 15 is 0 Å². The van der Waals surface area contributed by atoms with Crippen LogP contribution in [0.1, 0.15) is 19.8 Å². The van der Waals surface area contributed by atoms with Crippen LogP contribution >= 0.6 is 7.56 Å². The van der Waals surface area contributed by atoms with Gasteiger partial charge < -0.3 is 38.4 Å². The number of hydrogen-bond acceptors (Lipinski definition) is 6. The first-order valence-corrected chi connectivity index (χ1v) is 11.2. The maximum Gasteiger partial charge on any atom is 0.223 e. The van der Waals surface area contributed by atoms with Gasteiger partial charge in [0.15, 0.2) is 7.56 Å². The van der Waals surface area contributed by atoms with Crippen molar-refractivity contribution in [3.05, 3.63) is 11.0 Å². The van der Waals surface area contributed by atoms with Gasteiger partial charge in [-0.2, -0.15) is 14.6 Å². The summed E-state index contributed by atoms with van der Waals surface area (Å²) < 4.78 is 16.2. The molecule has 3 fully saturated rings. The predicted molar refractivity (Wildman–Crippen MR) is 96.7 cm³/mol. The van der Waals surface area contributed by atoms with Gasteiger partial charge in [-0.15, -0.1) is 0 Å². The molecule has 0 aromatic heterocycles. The normalized spacial score (nSPS) is 24.4. The molecule has 3 aliphatic heterocycles. The van der Waals surface area contributed by atoms with Crippen molar-refractivity contribution in [3.8, 4) is 6.07 Å². The highest BCUT2D eigenvalue weighted by Crippen LogP contribution is 2.69. The number of nitrogens with zero attached hydrogens (tertiary/aromatic N) is 4. The van der Waals surface area contributed by atoms with Crippen LogP contribution < -0.4 is 24.0 Å². The van der Waals surface area contributed by atoms with E-state index in [9.17, 15) is 5.26 Å². The summed E-state index contributed by atoms with van der Waals surface area (Å²) >= 11 is 0. The van der Waals surface area contributed by atoms with Gasteiger partial charge in [0.2, 0.25) is 5.31 Å². The van der Waals surface area contributed by atoms with Gasteiger partial charge in [-0.1, -0.05) is 0 Å². The van der Waals surface area contributed by atoms with E-state index in [1.807, 2.05) is 0 Å². The Bertz CT molecular complexity index is 489. The Balaban J connectivity index is 0.00000225. The Morgan fingerprint density at radius 1 is 0.880 bits per heavy atom. The molecule has 3 aliphatic rings. The third kappa shape index (κ3) is 4.48. The Morgan fingerprint density at radius 2 is 1.32 bits per heavy atom. The molecular weight excluding hydrogens is 450 g/mol. The fraction of sp³-hybridized carbons (Fsp3) is 0.824. The van der Waals surface area contributed by atoms with Crippen molar-refractivity contribution >= 4 is 7.56 Å². The van der Waals surface area contributed by atoms with Gasteiger partial charge in [0.1, 0.15) is 6.07 Å². The fourth-order valence-corrected chi connectivity index (χ4v) is 7.78. The maximum absolute atomic E-state index is 10.1. The van der Waals surface area contributed by atoms with Crippen LogP contribution in [0.25, 0.3) is 0 Å². The van der Waals surface area contributed by atoms with E-state index in [4.69, 9.17) is 9.47 Å². The Labute approximate surface area is 169 Å². The summed E-state index contributed by atoms with van der Waals surface area (Å²) in [5, 5.41) is 11.1. The largest absolute Gasteiger partial charge is 1.00 e. The summed E-state index contributed by atoms with van der Waals surface area (Å²) in [4.78, 5) is 2.41. The van der Waals surface area contributed by atoms with Gasteiger partial charge in [-0.3, -0.25) is 0 Å². The predicted octanol–water partition coefficient (Wildman–Crippen LogP) is -1.02. The summed E-state index contributed by atoms with van der Waals surface area (Å²) in [6.45, 7) is 13.4. The van der Waals surface area contributed by atoms with Crippen LogP contribution in [-0.4, -0.2) is 86.6 Å². The first-order chi connectivity index (χ1) is 11.7. The van der Waals surface area contributed by atoms with Gasteiger partial charge in [0, 0.05) is 13.1 Å². The van der Waals surface area contributed by atoms with E-state index < -0.39 is 7.56 Å². The van der Waals surface area contributed by atoms with Gasteiger partial charge in [-0.05, 0) is 19.8 Å². The molecule has 142 valence electrons. The second-order valence-electron chi connectivity index (χ2n) is 6.79. The monoisotopic (exact) mass is 480 g/mol. The lowest BCUT2D eigenvalue weighted by molar-refractivity contribution is -0.00000687. The molecule has 0 aliphatic carbocycles. The summed E-state index contributed by atoms with van der Waals surface area (Å²) in [6, 6.07) is 2.64. The molecule has 25 heavy (non-hydrogen) atoms. The molecule has 3 rings (SSSR count). The molecule has 0 aromatic carbocycles. The number of rotatable bonds is 4. The lowest BCUT2D eigenvalue weighted by Crippen LogP contribution is -3.00. The van der Waals surface area contributed by atoms with Crippen molar-refractivity contribution in [2.45, 2.75) is 19.8 Å². The molecule has 0 bridgehead atoms. The molecule has 0 unspecified atom stereocenters. The minimum atomic E-state index is -1.86. The fourth-order valence-electron chi connectivity index (χ4n) is 4.03. The second-order valence-corrected chi connectivity index (χ2v) is 10.2. The van der Waals surface area contributed by atoms with Crippen molar-refractivity contribution in [1.82, 2.24) is 14.2 Å². The standard InChI is InChI=1S/C17H30N4O2P.HI/c1-16(19-5-3-4-6-19)17(15-18)24(2,20-7-11-22-12-8-20)21-9-13-23-14-10-21;/h3-14H2,1-2H3;1H/q+1;/p-1/b17-16-;. The smallest absolute Gasteiger partial charge is 0.223 e. The molecule has 0 N–H and O–H groups in total. The Kier molecular flexibility index (Phi) is 8.38. The Hall–Kier alpha value is 0.0300. The lowest BCUT2D eigenvalue weighted by atomic mass is 10.4. The molecular formula is C17H30IN4O2P. The van der Waals surface area contributed by atoms with Crippen LogP contribution in [0, 0.1) is 11.3 Å². The third-order valence-electron chi connectivity index (χ3n) is 5.53. The third-order valence-corrected chi connectivity index (χ3v) is 9.80. The molecule has 0 atom stereocenters.